The first-order valence-electron chi connectivity index (χ1n) is 7.19. The van der Waals surface area contributed by atoms with Crippen LogP contribution in [0.4, 0.5) is 15.8 Å². The van der Waals surface area contributed by atoms with E-state index in [1.54, 1.807) is 6.92 Å². The molecule has 116 valence electrons. The fourth-order valence-electron chi connectivity index (χ4n) is 2.36. The number of halogens is 1. The molecule has 1 aromatic rings. The third-order valence-electron chi connectivity index (χ3n) is 3.49. The van der Waals surface area contributed by atoms with E-state index in [1.807, 2.05) is 6.92 Å². The van der Waals surface area contributed by atoms with Gasteiger partial charge in [-0.05, 0) is 38.8 Å². The molecule has 0 amide bonds. The van der Waals surface area contributed by atoms with E-state index in [1.165, 1.54) is 6.07 Å². The second-order valence-corrected chi connectivity index (χ2v) is 5.03. The van der Waals surface area contributed by atoms with Gasteiger partial charge in [-0.3, -0.25) is 0 Å². The van der Waals surface area contributed by atoms with Gasteiger partial charge in [0.1, 0.15) is 5.82 Å². The lowest BCUT2D eigenvalue weighted by molar-refractivity contribution is 0.00292. The first-order valence-corrected chi connectivity index (χ1v) is 7.19. The minimum Gasteiger partial charge on any atom is -0.462 e. The van der Waals surface area contributed by atoms with Gasteiger partial charge < -0.3 is 20.5 Å². The Kier molecular flexibility index (Phi) is 5.01. The van der Waals surface area contributed by atoms with Crippen molar-refractivity contribution in [1.29, 1.82) is 0 Å². The normalized spacial score (nSPS) is 20.7. The summed E-state index contributed by atoms with van der Waals surface area (Å²) in [6.45, 7) is 4.59. The number of nitrogens with two attached hydrogens (primary N) is 1. The fraction of sp³-hybridized carbons (Fsp3) is 0.533. The molecule has 5 nitrogen and oxygen atoms in total. The summed E-state index contributed by atoms with van der Waals surface area (Å²) in [7, 11) is 0. The molecule has 0 atom stereocenters. The van der Waals surface area contributed by atoms with E-state index < -0.39 is 11.8 Å². The fourth-order valence-corrected chi connectivity index (χ4v) is 2.36. The van der Waals surface area contributed by atoms with E-state index >= 15 is 0 Å². The lowest BCUT2D eigenvalue weighted by Crippen LogP contribution is -2.41. The Bertz CT molecular complexity index is 516. The van der Waals surface area contributed by atoms with Gasteiger partial charge in [-0.15, -0.1) is 0 Å². The Morgan fingerprint density at radius 1 is 1.38 bits per heavy atom. The Balaban J connectivity index is 2.06. The van der Waals surface area contributed by atoms with Crippen LogP contribution in [0.1, 0.15) is 37.0 Å². The van der Waals surface area contributed by atoms with Crippen molar-refractivity contribution >= 4 is 17.3 Å². The van der Waals surface area contributed by atoms with E-state index in [-0.39, 0.29) is 35.7 Å². The van der Waals surface area contributed by atoms with Gasteiger partial charge in [-0.2, -0.15) is 0 Å². The zero-order valence-electron chi connectivity index (χ0n) is 12.3. The summed E-state index contributed by atoms with van der Waals surface area (Å²) in [5.74, 6) is -1.01. The van der Waals surface area contributed by atoms with Crippen LogP contribution < -0.4 is 11.1 Å². The van der Waals surface area contributed by atoms with Gasteiger partial charge in [0.15, 0.2) is 0 Å². The number of ether oxygens (including phenoxy) is 2. The SMILES string of the molecule is CCOC(=O)c1cc(NC2CC(OCC)C2)c(F)cc1N. The van der Waals surface area contributed by atoms with Crippen molar-refractivity contribution < 1.29 is 18.7 Å². The molecule has 21 heavy (non-hydrogen) atoms. The molecular weight excluding hydrogens is 275 g/mol. The molecule has 6 heteroatoms. The maximum absolute atomic E-state index is 13.9. The summed E-state index contributed by atoms with van der Waals surface area (Å²) >= 11 is 0. The summed E-state index contributed by atoms with van der Waals surface area (Å²) in [5.41, 5.74) is 6.21. The second-order valence-electron chi connectivity index (χ2n) is 5.03. The quantitative estimate of drug-likeness (QED) is 0.623. The monoisotopic (exact) mass is 296 g/mol. The lowest BCUT2D eigenvalue weighted by atomic mass is 9.89. The number of nitrogen functional groups attached to an aromatic ring is 1. The van der Waals surface area contributed by atoms with Crippen LogP contribution in [0.25, 0.3) is 0 Å². The molecule has 0 radical (unpaired) electrons. The van der Waals surface area contributed by atoms with Crippen molar-refractivity contribution in [3.8, 4) is 0 Å². The number of anilines is 2. The smallest absolute Gasteiger partial charge is 0.340 e. The highest BCUT2D eigenvalue weighted by atomic mass is 19.1. The molecule has 0 heterocycles. The molecule has 1 fully saturated rings. The maximum Gasteiger partial charge on any atom is 0.340 e. The van der Waals surface area contributed by atoms with E-state index in [2.05, 4.69) is 5.32 Å². The molecule has 1 saturated carbocycles. The number of carbonyl (C=O) groups excluding carboxylic acids is 1. The highest BCUT2D eigenvalue weighted by molar-refractivity contribution is 5.96. The highest BCUT2D eigenvalue weighted by Crippen LogP contribution is 2.30. The average molecular weight is 296 g/mol. The van der Waals surface area contributed by atoms with E-state index in [0.717, 1.165) is 18.9 Å². The van der Waals surface area contributed by atoms with Crippen molar-refractivity contribution in [2.24, 2.45) is 0 Å². The number of nitrogens with one attached hydrogen (secondary N) is 1. The van der Waals surface area contributed by atoms with Gasteiger partial charge >= 0.3 is 5.97 Å². The topological polar surface area (TPSA) is 73.6 Å². The Morgan fingerprint density at radius 3 is 2.71 bits per heavy atom. The predicted molar refractivity (Wildman–Crippen MR) is 78.8 cm³/mol. The minimum absolute atomic E-state index is 0.0808. The van der Waals surface area contributed by atoms with Crippen LogP contribution in [0, 0.1) is 5.82 Å². The molecule has 1 aliphatic rings. The molecule has 2 rings (SSSR count). The largest absolute Gasteiger partial charge is 0.462 e. The summed E-state index contributed by atoms with van der Waals surface area (Å²) in [5, 5.41) is 3.08. The molecule has 0 bridgehead atoms. The Labute approximate surface area is 123 Å². The van der Waals surface area contributed by atoms with Crippen LogP contribution >= 0.6 is 0 Å². The highest BCUT2D eigenvalue weighted by Gasteiger charge is 2.30. The van der Waals surface area contributed by atoms with Gasteiger partial charge in [-0.1, -0.05) is 0 Å². The molecule has 0 aliphatic heterocycles. The van der Waals surface area contributed by atoms with Crippen molar-refractivity contribution in [3.63, 3.8) is 0 Å². The Morgan fingerprint density at radius 2 is 2.10 bits per heavy atom. The van der Waals surface area contributed by atoms with E-state index in [9.17, 15) is 9.18 Å². The van der Waals surface area contributed by atoms with E-state index in [4.69, 9.17) is 15.2 Å². The van der Waals surface area contributed by atoms with Crippen molar-refractivity contribution in [2.75, 3.05) is 24.3 Å². The van der Waals surface area contributed by atoms with Gasteiger partial charge in [0.25, 0.3) is 0 Å². The van der Waals surface area contributed by atoms with Crippen LogP contribution in [0.15, 0.2) is 12.1 Å². The van der Waals surface area contributed by atoms with Crippen LogP contribution in [0.2, 0.25) is 0 Å². The van der Waals surface area contributed by atoms with Crippen LogP contribution in [0.3, 0.4) is 0 Å². The number of esters is 1. The van der Waals surface area contributed by atoms with E-state index in [0.29, 0.717) is 6.61 Å². The average Bonchev–Trinajstić information content (AvgIpc) is 2.39. The van der Waals surface area contributed by atoms with Crippen LogP contribution in [-0.4, -0.2) is 31.3 Å². The molecule has 1 aromatic carbocycles. The third kappa shape index (κ3) is 3.64. The second kappa shape index (κ2) is 6.76. The zero-order valence-corrected chi connectivity index (χ0v) is 12.3. The van der Waals surface area contributed by atoms with Crippen LogP contribution in [0.5, 0.6) is 0 Å². The lowest BCUT2D eigenvalue weighted by Gasteiger charge is -2.36. The molecule has 1 aliphatic carbocycles. The zero-order chi connectivity index (χ0) is 15.4. The standard InChI is InChI=1S/C15H21FN2O3/c1-3-20-10-5-9(6-10)18-14-7-11(15(19)21-4-2)13(17)8-12(14)16/h7-10,18H,3-6,17H2,1-2H3. The molecule has 3 N–H and O–H groups in total. The summed E-state index contributed by atoms with van der Waals surface area (Å²) in [6, 6.07) is 2.71. The first kappa shape index (κ1) is 15.6. The first-order chi connectivity index (χ1) is 10.0. The predicted octanol–water partition coefficient (Wildman–Crippen LogP) is 2.56. The van der Waals surface area contributed by atoms with Gasteiger partial charge in [0.2, 0.25) is 0 Å². The minimum atomic E-state index is -0.543. The summed E-state index contributed by atoms with van der Waals surface area (Å²) < 4.78 is 24.3. The van der Waals surface area contributed by atoms with Crippen molar-refractivity contribution in [2.45, 2.75) is 38.8 Å². The molecule has 0 spiro atoms. The number of hydrogen-bond donors (Lipinski definition) is 2. The molecule has 0 unspecified atom stereocenters. The van der Waals surface area contributed by atoms with Gasteiger partial charge in [0.05, 0.1) is 24.0 Å². The molecule has 0 aromatic heterocycles. The molecule has 0 saturated heterocycles. The van der Waals surface area contributed by atoms with Crippen molar-refractivity contribution in [3.05, 3.63) is 23.5 Å². The summed E-state index contributed by atoms with van der Waals surface area (Å²) in [6.07, 6.45) is 1.88. The number of hydrogen-bond acceptors (Lipinski definition) is 5. The third-order valence-corrected chi connectivity index (χ3v) is 3.49. The Hall–Kier alpha value is -1.82. The van der Waals surface area contributed by atoms with Crippen LogP contribution in [-0.2, 0) is 9.47 Å². The number of benzene rings is 1. The number of carbonyl (C=O) groups is 1. The summed E-state index contributed by atoms with van der Waals surface area (Å²) in [4.78, 5) is 11.8. The van der Waals surface area contributed by atoms with Crippen molar-refractivity contribution in [1.82, 2.24) is 0 Å². The van der Waals surface area contributed by atoms with Gasteiger partial charge in [0, 0.05) is 18.3 Å². The maximum atomic E-state index is 13.9. The number of rotatable bonds is 6. The molecular formula is C15H21FN2O3. The van der Waals surface area contributed by atoms with Gasteiger partial charge in [-0.25, -0.2) is 9.18 Å².